The van der Waals surface area contributed by atoms with Gasteiger partial charge >= 0.3 is 0 Å². The fraction of sp³-hybridized carbons (Fsp3) is 0.238. The van der Waals surface area contributed by atoms with E-state index >= 15 is 0 Å². The average molecular weight is 385 g/mol. The summed E-state index contributed by atoms with van der Waals surface area (Å²) in [7, 11) is 0. The Morgan fingerprint density at radius 1 is 1.11 bits per heavy atom. The van der Waals surface area contributed by atoms with Crippen LogP contribution in [0.5, 0.6) is 5.75 Å². The molecule has 0 atom stereocenters. The molecule has 6 heteroatoms. The SMILES string of the molecule is Cc1cccc(C)c1OCc1c(C(=O)Nc2cccc(Cl)c2C)noc1C. The molecule has 0 fully saturated rings. The van der Waals surface area contributed by atoms with Crippen LogP contribution in [0.25, 0.3) is 0 Å². The number of carbonyl (C=O) groups excluding carboxylic acids is 1. The highest BCUT2D eigenvalue weighted by molar-refractivity contribution is 6.31. The van der Waals surface area contributed by atoms with Gasteiger partial charge in [0.1, 0.15) is 18.1 Å². The first kappa shape index (κ1) is 19.0. The van der Waals surface area contributed by atoms with Crippen molar-refractivity contribution in [2.75, 3.05) is 5.32 Å². The van der Waals surface area contributed by atoms with Crippen molar-refractivity contribution in [2.24, 2.45) is 0 Å². The highest BCUT2D eigenvalue weighted by Crippen LogP contribution is 2.26. The Morgan fingerprint density at radius 3 is 2.48 bits per heavy atom. The van der Waals surface area contributed by atoms with Crippen molar-refractivity contribution in [2.45, 2.75) is 34.3 Å². The molecule has 1 heterocycles. The molecule has 0 spiro atoms. The Bertz CT molecular complexity index is 975. The van der Waals surface area contributed by atoms with Crippen LogP contribution in [0.15, 0.2) is 40.9 Å². The van der Waals surface area contributed by atoms with E-state index in [1.54, 1.807) is 25.1 Å². The van der Waals surface area contributed by atoms with E-state index in [9.17, 15) is 4.79 Å². The summed E-state index contributed by atoms with van der Waals surface area (Å²) >= 11 is 6.12. The van der Waals surface area contributed by atoms with Crippen LogP contribution in [0.4, 0.5) is 5.69 Å². The summed E-state index contributed by atoms with van der Waals surface area (Å²) in [6.45, 7) is 7.77. The molecule has 3 rings (SSSR count). The standard InChI is InChI=1S/C21H21ClN2O3/c1-12-7-5-8-13(2)20(12)26-11-16-15(4)27-24-19(16)21(25)23-18-10-6-9-17(22)14(18)3/h5-10H,11H2,1-4H3,(H,23,25). The van der Waals surface area contributed by atoms with Crippen LogP contribution in [0.2, 0.25) is 5.02 Å². The van der Waals surface area contributed by atoms with Crippen LogP contribution >= 0.6 is 11.6 Å². The summed E-state index contributed by atoms with van der Waals surface area (Å²) in [5.74, 6) is 0.988. The normalized spacial score (nSPS) is 10.7. The Labute approximate surface area is 163 Å². The van der Waals surface area contributed by atoms with Gasteiger partial charge in [0.2, 0.25) is 0 Å². The summed E-state index contributed by atoms with van der Waals surface area (Å²) in [5.41, 5.74) is 4.32. The maximum Gasteiger partial charge on any atom is 0.278 e. The van der Waals surface area contributed by atoms with Gasteiger partial charge < -0.3 is 14.6 Å². The third-order valence-electron chi connectivity index (χ3n) is 4.49. The lowest BCUT2D eigenvalue weighted by atomic mass is 10.1. The van der Waals surface area contributed by atoms with E-state index in [0.29, 0.717) is 22.0 Å². The van der Waals surface area contributed by atoms with Crippen molar-refractivity contribution < 1.29 is 14.1 Å². The molecule has 5 nitrogen and oxygen atoms in total. The molecule has 27 heavy (non-hydrogen) atoms. The van der Waals surface area contributed by atoms with E-state index in [-0.39, 0.29) is 18.2 Å². The predicted octanol–water partition coefficient (Wildman–Crippen LogP) is 5.39. The largest absolute Gasteiger partial charge is 0.488 e. The molecule has 140 valence electrons. The molecule has 1 amide bonds. The lowest BCUT2D eigenvalue weighted by molar-refractivity contribution is 0.101. The number of anilines is 1. The van der Waals surface area contributed by atoms with Gasteiger partial charge in [0.25, 0.3) is 5.91 Å². The molecule has 0 radical (unpaired) electrons. The number of aryl methyl sites for hydroxylation is 3. The van der Waals surface area contributed by atoms with E-state index in [1.165, 1.54) is 0 Å². The van der Waals surface area contributed by atoms with Crippen molar-refractivity contribution in [3.8, 4) is 5.75 Å². The molecule has 0 unspecified atom stereocenters. The van der Waals surface area contributed by atoms with E-state index in [1.807, 2.05) is 39.0 Å². The summed E-state index contributed by atoms with van der Waals surface area (Å²) < 4.78 is 11.2. The van der Waals surface area contributed by atoms with Crippen molar-refractivity contribution in [3.63, 3.8) is 0 Å². The third kappa shape index (κ3) is 3.98. The Hall–Kier alpha value is -2.79. The number of nitrogens with zero attached hydrogens (tertiary/aromatic N) is 1. The van der Waals surface area contributed by atoms with Gasteiger partial charge in [-0.1, -0.05) is 41.0 Å². The minimum Gasteiger partial charge on any atom is -0.488 e. The maximum absolute atomic E-state index is 12.7. The number of nitrogens with one attached hydrogen (secondary N) is 1. The smallest absolute Gasteiger partial charge is 0.278 e. The summed E-state index contributed by atoms with van der Waals surface area (Å²) in [6.07, 6.45) is 0. The molecular formula is C21H21ClN2O3. The molecule has 0 aliphatic carbocycles. The monoisotopic (exact) mass is 384 g/mol. The second-order valence-corrected chi connectivity index (χ2v) is 6.85. The number of carbonyl (C=O) groups is 1. The summed E-state index contributed by atoms with van der Waals surface area (Å²) in [5, 5.41) is 7.35. The van der Waals surface area contributed by atoms with E-state index in [0.717, 1.165) is 22.4 Å². The second kappa shape index (κ2) is 7.84. The highest BCUT2D eigenvalue weighted by atomic mass is 35.5. The number of hydrogen-bond donors (Lipinski definition) is 1. The van der Waals surface area contributed by atoms with Crippen molar-refractivity contribution in [3.05, 3.63) is 75.1 Å². The average Bonchev–Trinajstić information content (AvgIpc) is 2.99. The van der Waals surface area contributed by atoms with Crippen molar-refractivity contribution in [1.82, 2.24) is 5.16 Å². The molecule has 0 aliphatic heterocycles. The van der Waals surface area contributed by atoms with Crippen LogP contribution in [-0.2, 0) is 6.61 Å². The van der Waals surface area contributed by atoms with Crippen molar-refractivity contribution in [1.29, 1.82) is 0 Å². The molecule has 3 aromatic rings. The topological polar surface area (TPSA) is 64.4 Å². The van der Waals surface area contributed by atoms with Gasteiger partial charge in [0, 0.05) is 10.7 Å². The molecule has 0 aliphatic rings. The maximum atomic E-state index is 12.7. The van der Waals surface area contributed by atoms with Gasteiger partial charge in [0.05, 0.1) is 5.56 Å². The van der Waals surface area contributed by atoms with E-state index in [4.69, 9.17) is 20.9 Å². The number of ether oxygens (including phenoxy) is 1. The minimum atomic E-state index is -0.364. The number of para-hydroxylation sites is 1. The second-order valence-electron chi connectivity index (χ2n) is 6.44. The Balaban J connectivity index is 1.82. The predicted molar refractivity (Wildman–Crippen MR) is 106 cm³/mol. The molecule has 1 N–H and O–H groups in total. The third-order valence-corrected chi connectivity index (χ3v) is 4.89. The first-order valence-corrected chi connectivity index (χ1v) is 8.97. The van der Waals surface area contributed by atoms with Crippen LogP contribution in [-0.4, -0.2) is 11.1 Å². The van der Waals surface area contributed by atoms with Crippen LogP contribution in [0, 0.1) is 27.7 Å². The van der Waals surface area contributed by atoms with Gasteiger partial charge in [-0.25, -0.2) is 0 Å². The summed E-state index contributed by atoms with van der Waals surface area (Å²) in [4.78, 5) is 12.7. The number of aromatic nitrogens is 1. The van der Waals surface area contributed by atoms with Crippen LogP contribution in [0.3, 0.4) is 0 Å². The van der Waals surface area contributed by atoms with Crippen LogP contribution < -0.4 is 10.1 Å². The lowest BCUT2D eigenvalue weighted by Gasteiger charge is -2.12. The molecule has 1 aromatic heterocycles. The zero-order chi connectivity index (χ0) is 19.6. The van der Waals surface area contributed by atoms with Crippen LogP contribution in [0.1, 0.15) is 38.5 Å². The van der Waals surface area contributed by atoms with Gasteiger partial charge in [-0.3, -0.25) is 4.79 Å². The Kier molecular flexibility index (Phi) is 5.51. The van der Waals surface area contributed by atoms with E-state index < -0.39 is 0 Å². The molecular weight excluding hydrogens is 364 g/mol. The van der Waals surface area contributed by atoms with Gasteiger partial charge in [-0.2, -0.15) is 0 Å². The van der Waals surface area contributed by atoms with Gasteiger partial charge in [0.15, 0.2) is 5.69 Å². The molecule has 0 saturated heterocycles. The molecule has 0 bridgehead atoms. The number of halogens is 1. The lowest BCUT2D eigenvalue weighted by Crippen LogP contribution is -2.16. The first-order chi connectivity index (χ1) is 12.9. The number of hydrogen-bond acceptors (Lipinski definition) is 4. The number of benzene rings is 2. The van der Waals surface area contributed by atoms with Gasteiger partial charge in [-0.05, 0) is 56.5 Å². The first-order valence-electron chi connectivity index (χ1n) is 8.59. The number of rotatable bonds is 5. The molecule has 2 aromatic carbocycles. The highest BCUT2D eigenvalue weighted by Gasteiger charge is 2.21. The van der Waals surface area contributed by atoms with Gasteiger partial charge in [-0.15, -0.1) is 0 Å². The summed E-state index contributed by atoms with van der Waals surface area (Å²) in [6, 6.07) is 11.3. The fourth-order valence-corrected chi connectivity index (χ4v) is 3.01. The zero-order valence-electron chi connectivity index (χ0n) is 15.7. The fourth-order valence-electron chi connectivity index (χ4n) is 2.84. The Morgan fingerprint density at radius 2 is 1.78 bits per heavy atom. The molecule has 0 saturated carbocycles. The minimum absolute atomic E-state index is 0.193. The van der Waals surface area contributed by atoms with E-state index in [2.05, 4.69) is 10.5 Å². The number of amides is 1. The quantitative estimate of drug-likeness (QED) is 0.640. The zero-order valence-corrected chi connectivity index (χ0v) is 16.5. The van der Waals surface area contributed by atoms with Crippen molar-refractivity contribution >= 4 is 23.2 Å².